The van der Waals surface area contributed by atoms with Crippen molar-refractivity contribution < 1.29 is 4.79 Å². The lowest BCUT2D eigenvalue weighted by atomic mass is 9.85. The molecule has 0 saturated carbocycles. The summed E-state index contributed by atoms with van der Waals surface area (Å²) in [6, 6.07) is 19.5. The lowest BCUT2D eigenvalue weighted by Crippen LogP contribution is -2.32. The Morgan fingerprint density at radius 1 is 0.783 bits per heavy atom. The van der Waals surface area contributed by atoms with Crippen LogP contribution in [0.5, 0.6) is 0 Å². The van der Waals surface area contributed by atoms with E-state index < -0.39 is 0 Å². The zero-order chi connectivity index (χ0) is 15.6. The fraction of sp³-hybridized carbons (Fsp3) is 0.286. The maximum absolute atomic E-state index is 12.1. The number of hydrogen-bond acceptors (Lipinski definition) is 2. The van der Waals surface area contributed by atoms with Gasteiger partial charge in [-0.25, -0.2) is 0 Å². The molecule has 116 valence electrons. The smallest absolute Gasteiger partial charge is 0.158 e. The van der Waals surface area contributed by atoms with Crippen molar-refractivity contribution >= 4 is 5.78 Å². The van der Waals surface area contributed by atoms with Gasteiger partial charge in [0.1, 0.15) is 0 Å². The lowest BCUT2D eigenvalue weighted by molar-refractivity contribution is -0.115. The molecule has 0 heterocycles. The van der Waals surface area contributed by atoms with Gasteiger partial charge in [-0.1, -0.05) is 54.6 Å². The molecule has 0 amide bonds. The fourth-order valence-corrected chi connectivity index (χ4v) is 3.88. The molecule has 0 bridgehead atoms. The van der Waals surface area contributed by atoms with Crippen LogP contribution in [0.15, 0.2) is 66.4 Å². The van der Waals surface area contributed by atoms with Crippen LogP contribution in [-0.2, 0) is 17.6 Å². The lowest BCUT2D eigenvalue weighted by Gasteiger charge is -2.25. The van der Waals surface area contributed by atoms with E-state index in [9.17, 15) is 4.79 Å². The largest absolute Gasteiger partial charge is 0.385 e. The maximum Gasteiger partial charge on any atom is 0.158 e. The number of carbonyl (C=O) groups is 1. The number of rotatable bonds is 3. The molecule has 0 radical (unpaired) electrons. The summed E-state index contributed by atoms with van der Waals surface area (Å²) in [6.07, 6.45) is 5.49. The second-order valence-electron chi connectivity index (χ2n) is 6.67. The fourth-order valence-electron chi connectivity index (χ4n) is 3.88. The van der Waals surface area contributed by atoms with Crippen molar-refractivity contribution in [2.45, 2.75) is 37.6 Å². The molecular formula is C21H21NO. The third kappa shape index (κ3) is 3.07. The molecule has 2 aliphatic carbocycles. The van der Waals surface area contributed by atoms with Crippen LogP contribution in [-0.4, -0.2) is 11.8 Å². The average Bonchev–Trinajstić information content (AvgIpc) is 2.97. The summed E-state index contributed by atoms with van der Waals surface area (Å²) >= 11 is 0. The van der Waals surface area contributed by atoms with Crippen molar-refractivity contribution in [2.75, 3.05) is 0 Å². The first kappa shape index (κ1) is 14.3. The van der Waals surface area contributed by atoms with Gasteiger partial charge in [0, 0.05) is 24.2 Å². The molecule has 0 aromatic heterocycles. The molecule has 1 unspecified atom stereocenters. The van der Waals surface area contributed by atoms with Gasteiger partial charge in [-0.3, -0.25) is 4.79 Å². The van der Waals surface area contributed by atoms with E-state index in [-0.39, 0.29) is 5.78 Å². The van der Waals surface area contributed by atoms with Crippen molar-refractivity contribution in [3.8, 4) is 0 Å². The molecule has 0 fully saturated rings. The van der Waals surface area contributed by atoms with Gasteiger partial charge < -0.3 is 5.32 Å². The van der Waals surface area contributed by atoms with Crippen LogP contribution in [0.1, 0.15) is 35.4 Å². The molecule has 2 aromatic rings. The van der Waals surface area contributed by atoms with Crippen LogP contribution >= 0.6 is 0 Å². The Morgan fingerprint density at radius 3 is 2.13 bits per heavy atom. The first-order valence-corrected chi connectivity index (χ1v) is 8.39. The van der Waals surface area contributed by atoms with E-state index in [2.05, 4.69) is 53.8 Å². The van der Waals surface area contributed by atoms with E-state index in [1.54, 1.807) is 0 Å². The molecule has 1 atom stereocenters. The first-order valence-electron chi connectivity index (χ1n) is 8.39. The minimum absolute atomic E-state index is 0.239. The van der Waals surface area contributed by atoms with Gasteiger partial charge in [0.15, 0.2) is 5.78 Å². The first-order chi connectivity index (χ1) is 11.3. The van der Waals surface area contributed by atoms with E-state index >= 15 is 0 Å². The second-order valence-corrected chi connectivity index (χ2v) is 6.67. The Labute approximate surface area is 137 Å². The van der Waals surface area contributed by atoms with E-state index in [4.69, 9.17) is 0 Å². The topological polar surface area (TPSA) is 29.1 Å². The number of ketones is 1. The van der Waals surface area contributed by atoms with Crippen molar-refractivity contribution in [3.05, 3.63) is 83.1 Å². The highest BCUT2D eigenvalue weighted by Gasteiger charge is 2.26. The summed E-state index contributed by atoms with van der Waals surface area (Å²) in [5, 5.41) is 3.64. The van der Waals surface area contributed by atoms with E-state index in [1.165, 1.54) is 16.7 Å². The van der Waals surface area contributed by atoms with E-state index in [1.807, 2.05) is 12.1 Å². The van der Waals surface area contributed by atoms with Crippen molar-refractivity contribution in [1.82, 2.24) is 5.32 Å². The molecule has 0 aliphatic heterocycles. The molecule has 23 heavy (non-hydrogen) atoms. The molecular weight excluding hydrogens is 282 g/mol. The van der Waals surface area contributed by atoms with Gasteiger partial charge in [0.25, 0.3) is 0 Å². The van der Waals surface area contributed by atoms with Gasteiger partial charge in [-0.2, -0.15) is 0 Å². The van der Waals surface area contributed by atoms with Crippen molar-refractivity contribution in [3.63, 3.8) is 0 Å². The number of allylic oxidation sites excluding steroid dienone is 2. The van der Waals surface area contributed by atoms with Crippen LogP contribution in [0.25, 0.3) is 0 Å². The van der Waals surface area contributed by atoms with Crippen LogP contribution < -0.4 is 5.32 Å². The van der Waals surface area contributed by atoms with Gasteiger partial charge >= 0.3 is 0 Å². The molecule has 0 saturated heterocycles. The minimum atomic E-state index is 0.239. The normalized spacial score (nSPS) is 21.0. The third-order valence-corrected chi connectivity index (χ3v) is 4.96. The number of benzene rings is 2. The van der Waals surface area contributed by atoms with Crippen LogP contribution in [0, 0.1) is 0 Å². The van der Waals surface area contributed by atoms with Crippen LogP contribution in [0.3, 0.4) is 0 Å². The quantitative estimate of drug-likeness (QED) is 0.935. The Morgan fingerprint density at radius 2 is 1.43 bits per heavy atom. The average molecular weight is 303 g/mol. The molecule has 2 nitrogen and oxygen atoms in total. The van der Waals surface area contributed by atoms with Gasteiger partial charge in [0.05, 0.1) is 0 Å². The minimum Gasteiger partial charge on any atom is -0.385 e. The second kappa shape index (κ2) is 6.04. The van der Waals surface area contributed by atoms with Crippen molar-refractivity contribution in [1.29, 1.82) is 0 Å². The van der Waals surface area contributed by atoms with Gasteiger partial charge in [-0.15, -0.1) is 0 Å². The highest BCUT2D eigenvalue weighted by atomic mass is 16.1. The molecule has 2 aromatic carbocycles. The summed E-state index contributed by atoms with van der Waals surface area (Å²) < 4.78 is 0. The van der Waals surface area contributed by atoms with Gasteiger partial charge in [0.2, 0.25) is 0 Å². The zero-order valence-electron chi connectivity index (χ0n) is 13.2. The Balaban J connectivity index is 1.46. The monoisotopic (exact) mass is 303 g/mol. The maximum atomic E-state index is 12.1. The number of carbonyl (C=O) groups excluding carboxylic acids is 1. The van der Waals surface area contributed by atoms with Crippen LogP contribution in [0.2, 0.25) is 0 Å². The Kier molecular flexibility index (Phi) is 3.74. The predicted octanol–water partition coefficient (Wildman–Crippen LogP) is 3.77. The Bertz CT molecular complexity index is 722. The molecule has 4 rings (SSSR count). The SMILES string of the molecule is O=C1C=C(NC2Cc3ccccc3C2)CC(c2ccccc2)C1. The molecule has 2 heteroatoms. The highest BCUT2D eigenvalue weighted by molar-refractivity contribution is 5.92. The summed E-state index contributed by atoms with van der Waals surface area (Å²) in [4.78, 5) is 12.1. The predicted molar refractivity (Wildman–Crippen MR) is 92.3 cm³/mol. The summed E-state index contributed by atoms with van der Waals surface area (Å²) in [6.45, 7) is 0. The third-order valence-electron chi connectivity index (χ3n) is 4.96. The summed E-state index contributed by atoms with van der Waals surface area (Å²) in [5.41, 5.74) is 5.25. The molecule has 1 N–H and O–H groups in total. The highest BCUT2D eigenvalue weighted by Crippen LogP contribution is 2.31. The molecule has 2 aliphatic rings. The number of nitrogens with one attached hydrogen (secondary N) is 1. The van der Waals surface area contributed by atoms with Crippen LogP contribution in [0.4, 0.5) is 0 Å². The zero-order valence-corrected chi connectivity index (χ0v) is 13.2. The molecule has 0 spiro atoms. The van der Waals surface area contributed by atoms with Gasteiger partial charge in [-0.05, 0) is 41.9 Å². The summed E-state index contributed by atoms with van der Waals surface area (Å²) in [5.74, 6) is 0.545. The standard InChI is InChI=1S/C21H21NO/c23-21-13-18(15-6-2-1-3-7-15)12-20(14-21)22-19-10-16-8-4-5-9-17(16)11-19/h1-9,14,18-19,22H,10-13H2. The van der Waals surface area contributed by atoms with E-state index in [0.29, 0.717) is 18.4 Å². The summed E-state index contributed by atoms with van der Waals surface area (Å²) in [7, 11) is 0. The number of fused-ring (bicyclic) bond motifs is 1. The van der Waals surface area contributed by atoms with E-state index in [0.717, 1.165) is 25.0 Å². The number of hydrogen-bond donors (Lipinski definition) is 1. The Hall–Kier alpha value is -2.35. The van der Waals surface area contributed by atoms with Crippen molar-refractivity contribution in [2.24, 2.45) is 0 Å².